The molecule has 0 unspecified atom stereocenters. The van der Waals surface area contributed by atoms with Gasteiger partial charge in [-0.25, -0.2) is 0 Å². The number of benzene rings is 2. The zero-order valence-corrected chi connectivity index (χ0v) is 8.14. The van der Waals surface area contributed by atoms with Gasteiger partial charge in [0, 0.05) is 17.5 Å². The topological polar surface area (TPSA) is 18.5 Å². The molecule has 2 heteroatoms. The average Bonchev–Trinajstić information content (AvgIpc) is 2.48. The molecule has 2 aromatic carbocycles. The van der Waals surface area contributed by atoms with E-state index >= 15 is 0 Å². The highest BCUT2D eigenvalue weighted by Gasteiger charge is 2.14. The monoisotopic (exact) mass is 198 g/mol. The van der Waals surface area contributed by atoms with Gasteiger partial charge in [-0.2, -0.15) is 0 Å². The molecule has 74 valence electrons. The molecule has 0 saturated carbocycles. The second kappa shape index (κ2) is 3.31. The number of hydrogen-bond acceptors (Lipinski definition) is 2. The van der Waals surface area contributed by atoms with Crippen molar-refractivity contribution in [3.05, 3.63) is 59.7 Å². The lowest BCUT2D eigenvalue weighted by molar-refractivity contribution is -0.0992. The predicted octanol–water partition coefficient (Wildman–Crippen LogP) is 2.96. The van der Waals surface area contributed by atoms with Crippen molar-refractivity contribution in [2.45, 2.75) is 6.42 Å². The summed E-state index contributed by atoms with van der Waals surface area (Å²) in [6.07, 6.45) is 0.854. The van der Waals surface area contributed by atoms with Gasteiger partial charge in [-0.15, -0.1) is 0 Å². The summed E-state index contributed by atoms with van der Waals surface area (Å²) in [5.74, 6) is 1.60. The Labute approximate surface area is 88.0 Å². The van der Waals surface area contributed by atoms with E-state index in [0.717, 1.165) is 29.0 Å². The maximum absolute atomic E-state index is 5.27. The van der Waals surface area contributed by atoms with Crippen LogP contribution in [0.5, 0.6) is 11.5 Å². The minimum Gasteiger partial charge on any atom is -0.290 e. The highest BCUT2D eigenvalue weighted by atomic mass is 17.2. The molecule has 15 heavy (non-hydrogen) atoms. The summed E-state index contributed by atoms with van der Waals surface area (Å²) in [4.78, 5) is 10.5. The summed E-state index contributed by atoms with van der Waals surface area (Å²) in [5, 5.41) is 0. The molecule has 0 bridgehead atoms. The van der Waals surface area contributed by atoms with Gasteiger partial charge in [-0.3, -0.25) is 9.78 Å². The summed E-state index contributed by atoms with van der Waals surface area (Å²) < 4.78 is 0. The van der Waals surface area contributed by atoms with Crippen molar-refractivity contribution < 1.29 is 9.78 Å². The van der Waals surface area contributed by atoms with E-state index in [1.807, 2.05) is 36.4 Å². The molecule has 2 aromatic rings. The van der Waals surface area contributed by atoms with Crippen molar-refractivity contribution in [3.63, 3.8) is 0 Å². The third-order valence-electron chi connectivity index (χ3n) is 2.55. The van der Waals surface area contributed by atoms with Crippen LogP contribution in [-0.4, -0.2) is 0 Å². The molecule has 0 saturated heterocycles. The summed E-state index contributed by atoms with van der Waals surface area (Å²) >= 11 is 0. The van der Waals surface area contributed by atoms with Gasteiger partial charge in [0.15, 0.2) is 11.5 Å². The van der Waals surface area contributed by atoms with Gasteiger partial charge in [-0.05, 0) is 12.1 Å². The first-order chi connectivity index (χ1) is 7.43. The first kappa shape index (κ1) is 8.36. The van der Waals surface area contributed by atoms with E-state index in [0.29, 0.717) is 0 Å². The largest absolute Gasteiger partial charge is 0.290 e. The van der Waals surface area contributed by atoms with E-state index in [4.69, 9.17) is 9.78 Å². The Bertz CT molecular complexity index is 446. The van der Waals surface area contributed by atoms with Gasteiger partial charge < -0.3 is 0 Å². The van der Waals surface area contributed by atoms with Crippen molar-refractivity contribution in [3.8, 4) is 11.5 Å². The molecule has 1 aliphatic heterocycles. The highest BCUT2D eigenvalue weighted by molar-refractivity contribution is 5.43. The van der Waals surface area contributed by atoms with E-state index in [2.05, 4.69) is 12.1 Å². The normalized spacial score (nSPS) is 12.8. The maximum Gasteiger partial charge on any atom is 0.182 e. The average molecular weight is 198 g/mol. The maximum atomic E-state index is 5.27. The zero-order chi connectivity index (χ0) is 10.1. The Hall–Kier alpha value is -1.96. The van der Waals surface area contributed by atoms with Crippen LogP contribution in [0.15, 0.2) is 48.5 Å². The molecule has 0 fully saturated rings. The Morgan fingerprint density at radius 1 is 0.667 bits per heavy atom. The van der Waals surface area contributed by atoms with Crippen LogP contribution in [0.1, 0.15) is 11.1 Å². The summed E-state index contributed by atoms with van der Waals surface area (Å²) in [5.41, 5.74) is 2.31. The lowest BCUT2D eigenvalue weighted by Gasteiger charge is -2.03. The SMILES string of the molecule is c1ccc2c(c1)Cc1ccccc1OO2. The first-order valence-electron chi connectivity index (χ1n) is 4.94. The summed E-state index contributed by atoms with van der Waals surface area (Å²) in [6, 6.07) is 15.9. The van der Waals surface area contributed by atoms with Gasteiger partial charge in [0.2, 0.25) is 0 Å². The second-order valence-electron chi connectivity index (χ2n) is 3.56. The van der Waals surface area contributed by atoms with Crippen LogP contribution in [-0.2, 0) is 6.42 Å². The smallest absolute Gasteiger partial charge is 0.182 e. The van der Waals surface area contributed by atoms with Crippen molar-refractivity contribution in [2.24, 2.45) is 0 Å². The Morgan fingerprint density at radius 3 is 1.67 bits per heavy atom. The van der Waals surface area contributed by atoms with E-state index in [1.165, 1.54) is 0 Å². The number of hydrogen-bond donors (Lipinski definition) is 0. The predicted molar refractivity (Wildman–Crippen MR) is 56.9 cm³/mol. The van der Waals surface area contributed by atoms with E-state index in [9.17, 15) is 0 Å². The van der Waals surface area contributed by atoms with Gasteiger partial charge in [-0.1, -0.05) is 36.4 Å². The fraction of sp³-hybridized carbons (Fsp3) is 0.0769. The minimum atomic E-state index is 0.800. The quantitative estimate of drug-likeness (QED) is 0.606. The molecule has 3 rings (SSSR count). The molecule has 0 radical (unpaired) electrons. The third kappa shape index (κ3) is 1.44. The van der Waals surface area contributed by atoms with Crippen molar-refractivity contribution >= 4 is 0 Å². The zero-order valence-electron chi connectivity index (χ0n) is 8.14. The summed E-state index contributed by atoms with van der Waals surface area (Å²) in [7, 11) is 0. The molecule has 1 aliphatic rings. The van der Waals surface area contributed by atoms with Gasteiger partial charge in [0.05, 0.1) is 0 Å². The fourth-order valence-electron chi connectivity index (χ4n) is 1.76. The number of rotatable bonds is 0. The van der Waals surface area contributed by atoms with E-state index < -0.39 is 0 Å². The van der Waals surface area contributed by atoms with Crippen LogP contribution < -0.4 is 9.78 Å². The number of para-hydroxylation sites is 2. The molecule has 0 aromatic heterocycles. The number of fused-ring (bicyclic) bond motifs is 2. The van der Waals surface area contributed by atoms with Crippen LogP contribution in [0.4, 0.5) is 0 Å². The molecule has 2 nitrogen and oxygen atoms in total. The van der Waals surface area contributed by atoms with Crippen molar-refractivity contribution in [1.29, 1.82) is 0 Å². The Morgan fingerprint density at radius 2 is 1.13 bits per heavy atom. The van der Waals surface area contributed by atoms with Crippen LogP contribution in [0.25, 0.3) is 0 Å². The summed E-state index contributed by atoms with van der Waals surface area (Å²) in [6.45, 7) is 0. The van der Waals surface area contributed by atoms with Gasteiger partial charge in [0.1, 0.15) is 0 Å². The molecule has 1 heterocycles. The fourth-order valence-corrected chi connectivity index (χ4v) is 1.76. The molecule has 0 atom stereocenters. The van der Waals surface area contributed by atoms with Gasteiger partial charge >= 0.3 is 0 Å². The third-order valence-corrected chi connectivity index (χ3v) is 2.55. The first-order valence-corrected chi connectivity index (χ1v) is 4.94. The van der Waals surface area contributed by atoms with E-state index in [-0.39, 0.29) is 0 Å². The molecule has 0 spiro atoms. The lowest BCUT2D eigenvalue weighted by atomic mass is 10.0. The van der Waals surface area contributed by atoms with Crippen LogP contribution >= 0.6 is 0 Å². The van der Waals surface area contributed by atoms with Crippen molar-refractivity contribution in [2.75, 3.05) is 0 Å². The lowest BCUT2D eigenvalue weighted by Crippen LogP contribution is -1.99. The van der Waals surface area contributed by atoms with Crippen LogP contribution in [0.2, 0.25) is 0 Å². The van der Waals surface area contributed by atoms with Crippen molar-refractivity contribution in [1.82, 2.24) is 0 Å². The Kier molecular flexibility index (Phi) is 1.85. The standard InChI is InChI=1S/C13H10O2/c1-3-7-12-10(5-1)9-11-6-2-4-8-13(11)15-14-12/h1-8H,9H2. The molecule has 0 aliphatic carbocycles. The van der Waals surface area contributed by atoms with E-state index in [1.54, 1.807) is 0 Å². The molecule has 0 amide bonds. The van der Waals surface area contributed by atoms with Crippen LogP contribution in [0.3, 0.4) is 0 Å². The molecule has 0 N–H and O–H groups in total. The molecular formula is C13H10O2. The highest BCUT2D eigenvalue weighted by Crippen LogP contribution is 2.30. The minimum absolute atomic E-state index is 0.800. The van der Waals surface area contributed by atoms with Crippen LogP contribution in [0, 0.1) is 0 Å². The Balaban J connectivity index is 2.10. The van der Waals surface area contributed by atoms with Gasteiger partial charge in [0.25, 0.3) is 0 Å². The molecular weight excluding hydrogens is 188 g/mol. The second-order valence-corrected chi connectivity index (χ2v) is 3.56.